The molecule has 2 heterocycles. The molecule has 2 N–H and O–H groups in total. The smallest absolute Gasteiger partial charge is 0.351 e. The van der Waals surface area contributed by atoms with Gasteiger partial charge >= 0.3 is 23.6 Å². The Morgan fingerprint density at radius 1 is 1.14 bits per heavy atom. The minimum atomic E-state index is -2.17. The number of rotatable bonds is 9. The number of carbonyl (C=O) groups excluding carboxylic acids is 3. The van der Waals surface area contributed by atoms with Gasteiger partial charge in [0.15, 0.2) is 18.4 Å². The number of nitrogen functional groups attached to an aromatic ring is 1. The van der Waals surface area contributed by atoms with Crippen LogP contribution in [0.15, 0.2) is 22.2 Å². The number of nitrogens with zero attached hydrogens (tertiary/aromatic N) is 5. The third kappa shape index (κ3) is 6.28. The lowest BCUT2D eigenvalue weighted by molar-refractivity contribution is -0.182. The first-order chi connectivity index (χ1) is 16.3. The topological polar surface area (TPSA) is 198 Å². The molecule has 35 heavy (non-hydrogen) atoms. The predicted molar refractivity (Wildman–Crippen MR) is 120 cm³/mol. The molecule has 0 saturated carbocycles. The first-order valence-electron chi connectivity index (χ1n) is 11.0. The molecule has 192 valence electrons. The number of esters is 3. The third-order valence-corrected chi connectivity index (χ3v) is 5.02. The molecule has 2 rings (SSSR count). The number of anilines is 1. The van der Waals surface area contributed by atoms with Crippen molar-refractivity contribution in [1.82, 2.24) is 9.55 Å². The van der Waals surface area contributed by atoms with Crippen molar-refractivity contribution >= 4 is 23.7 Å². The summed E-state index contributed by atoms with van der Waals surface area (Å²) in [5.74, 6) is -3.94. The van der Waals surface area contributed by atoms with E-state index in [-0.39, 0.29) is 5.82 Å². The van der Waals surface area contributed by atoms with E-state index in [4.69, 9.17) is 24.7 Å². The highest BCUT2D eigenvalue weighted by Gasteiger charge is 2.61. The summed E-state index contributed by atoms with van der Waals surface area (Å²) in [5.41, 5.74) is 11.9. The average molecular weight is 495 g/mol. The van der Waals surface area contributed by atoms with Crippen LogP contribution in [0.3, 0.4) is 0 Å². The second-order valence-corrected chi connectivity index (χ2v) is 8.92. The normalized spacial score (nSPS) is 23.7. The lowest BCUT2D eigenvalue weighted by Crippen LogP contribution is -2.50. The molecule has 1 aliphatic rings. The Bertz CT molecular complexity index is 1060. The fourth-order valence-electron chi connectivity index (χ4n) is 3.04. The molecule has 1 aliphatic heterocycles. The van der Waals surface area contributed by atoms with Gasteiger partial charge in [-0.05, 0) is 11.6 Å². The minimum absolute atomic E-state index is 0.0741. The highest BCUT2D eigenvalue weighted by molar-refractivity contribution is 5.73. The van der Waals surface area contributed by atoms with Crippen LogP contribution < -0.4 is 11.4 Å². The lowest BCUT2D eigenvalue weighted by Gasteiger charge is -2.30. The molecule has 4 atom stereocenters. The van der Waals surface area contributed by atoms with Crippen LogP contribution in [0.25, 0.3) is 10.4 Å². The zero-order valence-corrected chi connectivity index (χ0v) is 20.4. The Morgan fingerprint density at radius 3 is 2.23 bits per heavy atom. The highest BCUT2D eigenvalue weighted by atomic mass is 16.7. The maximum absolute atomic E-state index is 12.6. The van der Waals surface area contributed by atoms with Crippen LogP contribution >= 0.6 is 0 Å². The van der Waals surface area contributed by atoms with E-state index in [0.29, 0.717) is 0 Å². The summed E-state index contributed by atoms with van der Waals surface area (Å²) >= 11 is 0. The van der Waals surface area contributed by atoms with E-state index in [0.717, 1.165) is 4.57 Å². The summed E-state index contributed by atoms with van der Waals surface area (Å²) in [6, 6.07) is 1.30. The van der Waals surface area contributed by atoms with Crippen molar-refractivity contribution < 1.29 is 33.3 Å². The van der Waals surface area contributed by atoms with E-state index in [9.17, 15) is 24.7 Å². The summed E-state index contributed by atoms with van der Waals surface area (Å²) in [6.45, 7) is 8.76. The molecule has 1 aromatic rings. The molecule has 0 aromatic carbocycles. The molecule has 1 fully saturated rings. The van der Waals surface area contributed by atoms with E-state index in [1.54, 1.807) is 41.5 Å². The molecule has 0 radical (unpaired) electrons. The van der Waals surface area contributed by atoms with Gasteiger partial charge in [-0.1, -0.05) is 46.7 Å². The Hall–Kier alpha value is -3.64. The van der Waals surface area contributed by atoms with Gasteiger partial charge in [0, 0.05) is 11.1 Å². The van der Waals surface area contributed by atoms with Crippen LogP contribution in [0.5, 0.6) is 0 Å². The fourth-order valence-corrected chi connectivity index (χ4v) is 3.04. The quantitative estimate of drug-likeness (QED) is 0.173. The Morgan fingerprint density at radius 2 is 1.71 bits per heavy atom. The first kappa shape index (κ1) is 27.6. The summed E-state index contributed by atoms with van der Waals surface area (Å²) < 4.78 is 23.3. The van der Waals surface area contributed by atoms with Gasteiger partial charge < -0.3 is 24.7 Å². The van der Waals surface area contributed by atoms with Gasteiger partial charge in [0.2, 0.25) is 5.72 Å². The highest BCUT2D eigenvalue weighted by Crippen LogP contribution is 2.42. The number of hydrogen-bond donors (Lipinski definition) is 1. The lowest BCUT2D eigenvalue weighted by atomic mass is 10.0. The van der Waals surface area contributed by atoms with Gasteiger partial charge in [0.1, 0.15) is 12.4 Å². The van der Waals surface area contributed by atoms with Gasteiger partial charge in [-0.15, -0.1) is 0 Å². The molecular weight excluding hydrogens is 464 g/mol. The Balaban J connectivity index is 2.69. The van der Waals surface area contributed by atoms with Crippen LogP contribution in [0.1, 0.15) is 47.8 Å². The Labute approximate surface area is 201 Å². The maximum Gasteiger partial charge on any atom is 0.351 e. The largest absolute Gasteiger partial charge is 0.462 e. The van der Waals surface area contributed by atoms with E-state index < -0.39 is 72.1 Å². The van der Waals surface area contributed by atoms with Crippen LogP contribution in [-0.4, -0.2) is 52.0 Å². The number of ether oxygens (including phenoxy) is 4. The van der Waals surface area contributed by atoms with Gasteiger partial charge in [-0.3, -0.25) is 19.0 Å². The SMILES string of the molecule is CC(C)C(=O)OC[C@@]1(N=[N+]=[N-])OC(n2ccc(N)nc2=O)[C@H](OC(=O)C(C)C)[C@@H]1OC(=O)C(C)C. The summed E-state index contributed by atoms with van der Waals surface area (Å²) in [7, 11) is 0. The molecular formula is C21H30N6O8. The standard InChI is InChI=1S/C21H30N6O8/c1-10(2)17(28)32-9-21(25-26-23)15(34-19(30)12(5)6)14(33-18(29)11(3)4)16(35-21)27-8-7-13(22)24-20(27)31/h7-8,10-12,14-16H,9H2,1-6H3,(H2,22,24,31)/t14-,15+,16?,21-/m1/s1. The van der Waals surface area contributed by atoms with Crippen molar-refractivity contribution in [3.8, 4) is 0 Å². The van der Waals surface area contributed by atoms with Crippen molar-refractivity contribution in [3.05, 3.63) is 33.2 Å². The van der Waals surface area contributed by atoms with Crippen LogP contribution in [-0.2, 0) is 33.3 Å². The summed E-state index contributed by atoms with van der Waals surface area (Å²) in [4.78, 5) is 56.4. The molecule has 14 heteroatoms. The first-order valence-corrected chi connectivity index (χ1v) is 11.0. The second kappa shape index (κ2) is 11.2. The molecule has 0 bridgehead atoms. The fraction of sp³-hybridized carbons (Fsp3) is 0.667. The van der Waals surface area contributed by atoms with Gasteiger partial charge in [-0.2, -0.15) is 4.98 Å². The van der Waals surface area contributed by atoms with E-state index in [1.807, 2.05) is 0 Å². The number of carbonyl (C=O) groups is 3. The van der Waals surface area contributed by atoms with Crippen molar-refractivity contribution in [2.75, 3.05) is 12.3 Å². The van der Waals surface area contributed by atoms with E-state index in [1.165, 1.54) is 12.3 Å². The predicted octanol–water partition coefficient (Wildman–Crippen LogP) is 1.70. The molecule has 1 aromatic heterocycles. The number of aromatic nitrogens is 2. The van der Waals surface area contributed by atoms with Crippen LogP contribution in [0.2, 0.25) is 0 Å². The van der Waals surface area contributed by atoms with Crippen LogP contribution in [0.4, 0.5) is 5.82 Å². The number of azide groups is 1. The monoisotopic (exact) mass is 494 g/mol. The van der Waals surface area contributed by atoms with Crippen LogP contribution in [0, 0.1) is 17.8 Å². The number of nitrogens with two attached hydrogens (primary N) is 1. The zero-order chi connectivity index (χ0) is 26.5. The molecule has 1 unspecified atom stereocenters. The minimum Gasteiger partial charge on any atom is -0.462 e. The average Bonchev–Trinajstić information content (AvgIpc) is 3.05. The van der Waals surface area contributed by atoms with Crippen molar-refractivity contribution in [2.45, 2.75) is 65.7 Å². The maximum atomic E-state index is 12.6. The van der Waals surface area contributed by atoms with Crippen molar-refractivity contribution in [1.29, 1.82) is 0 Å². The molecule has 14 nitrogen and oxygen atoms in total. The second-order valence-electron chi connectivity index (χ2n) is 8.92. The molecule has 0 spiro atoms. The summed E-state index contributed by atoms with van der Waals surface area (Å²) in [5, 5.41) is 3.66. The van der Waals surface area contributed by atoms with Gasteiger partial charge in [0.05, 0.1) is 17.8 Å². The third-order valence-electron chi connectivity index (χ3n) is 5.02. The number of hydrogen-bond acceptors (Lipinski definition) is 11. The van der Waals surface area contributed by atoms with E-state index in [2.05, 4.69) is 15.0 Å². The molecule has 0 amide bonds. The molecule has 1 saturated heterocycles. The summed E-state index contributed by atoms with van der Waals surface area (Å²) in [6.07, 6.45) is -3.28. The van der Waals surface area contributed by atoms with E-state index >= 15 is 0 Å². The van der Waals surface area contributed by atoms with Gasteiger partial charge in [-0.25, -0.2) is 4.79 Å². The van der Waals surface area contributed by atoms with Crippen molar-refractivity contribution in [3.63, 3.8) is 0 Å². The van der Waals surface area contributed by atoms with Crippen molar-refractivity contribution in [2.24, 2.45) is 22.9 Å². The zero-order valence-electron chi connectivity index (χ0n) is 20.4. The van der Waals surface area contributed by atoms with Gasteiger partial charge in [0.25, 0.3) is 0 Å². The Kier molecular flexibility index (Phi) is 8.83. The molecule has 0 aliphatic carbocycles.